The molecule has 1 fully saturated rings. The van der Waals surface area contributed by atoms with Crippen molar-refractivity contribution in [1.29, 1.82) is 0 Å². The lowest BCUT2D eigenvalue weighted by Crippen LogP contribution is -2.47. The van der Waals surface area contributed by atoms with E-state index in [-0.39, 0.29) is 5.82 Å². The van der Waals surface area contributed by atoms with Gasteiger partial charge in [-0.05, 0) is 18.1 Å². The van der Waals surface area contributed by atoms with E-state index in [1.807, 2.05) is 12.1 Å². The summed E-state index contributed by atoms with van der Waals surface area (Å²) >= 11 is 0. The van der Waals surface area contributed by atoms with E-state index < -0.39 is 0 Å². The summed E-state index contributed by atoms with van der Waals surface area (Å²) in [6.45, 7) is 8.12. The number of nitrogens with one attached hydrogen (secondary N) is 1. The van der Waals surface area contributed by atoms with Crippen LogP contribution in [-0.2, 0) is 0 Å². The van der Waals surface area contributed by atoms with Crippen LogP contribution in [0.15, 0.2) is 30.5 Å². The van der Waals surface area contributed by atoms with E-state index in [1.165, 1.54) is 6.07 Å². The Balaban J connectivity index is 1.62. The number of piperazine rings is 1. The van der Waals surface area contributed by atoms with Gasteiger partial charge in [-0.1, -0.05) is 26.0 Å². The molecule has 3 rings (SSSR count). The van der Waals surface area contributed by atoms with E-state index in [0.717, 1.165) is 38.5 Å². The summed E-state index contributed by atoms with van der Waals surface area (Å²) in [7, 11) is 0. The Morgan fingerprint density at radius 1 is 1.12 bits per heavy atom. The van der Waals surface area contributed by atoms with E-state index in [2.05, 4.69) is 44.1 Å². The lowest BCUT2D eigenvalue weighted by molar-refractivity contribution is 0.595. The summed E-state index contributed by atoms with van der Waals surface area (Å²) in [5.74, 6) is 1.71. The first-order chi connectivity index (χ1) is 11.6. The zero-order chi connectivity index (χ0) is 16.9. The molecule has 2 heterocycles. The molecule has 0 radical (unpaired) electrons. The maximum absolute atomic E-state index is 13.9. The molecule has 0 amide bonds. The minimum Gasteiger partial charge on any atom is -0.366 e. The summed E-state index contributed by atoms with van der Waals surface area (Å²) in [5, 5.41) is 11.3. The van der Waals surface area contributed by atoms with Crippen molar-refractivity contribution in [1.82, 2.24) is 15.2 Å². The highest BCUT2D eigenvalue weighted by atomic mass is 19.1. The van der Waals surface area contributed by atoms with Crippen molar-refractivity contribution >= 4 is 17.5 Å². The van der Waals surface area contributed by atoms with E-state index in [9.17, 15) is 4.39 Å². The molecule has 6 nitrogen and oxygen atoms in total. The molecule has 128 valence electrons. The number of nitrogens with zero attached hydrogens (tertiary/aromatic N) is 5. The second-order valence-electron chi connectivity index (χ2n) is 6.34. The van der Waals surface area contributed by atoms with Crippen LogP contribution in [-0.4, -0.2) is 47.9 Å². The molecule has 0 unspecified atom stereocenters. The quantitative estimate of drug-likeness (QED) is 0.908. The van der Waals surface area contributed by atoms with Crippen LogP contribution in [0.2, 0.25) is 0 Å². The average molecular weight is 330 g/mol. The van der Waals surface area contributed by atoms with Crippen LogP contribution in [0.4, 0.5) is 21.8 Å². The van der Waals surface area contributed by atoms with Crippen LogP contribution in [0.3, 0.4) is 0 Å². The van der Waals surface area contributed by atoms with Gasteiger partial charge in [-0.3, -0.25) is 0 Å². The highest BCUT2D eigenvalue weighted by Gasteiger charge is 2.20. The van der Waals surface area contributed by atoms with Gasteiger partial charge in [0.15, 0.2) is 5.82 Å². The first kappa shape index (κ1) is 16.4. The molecule has 1 aliphatic heterocycles. The normalized spacial score (nSPS) is 15.0. The molecular formula is C17H23FN6. The van der Waals surface area contributed by atoms with Crippen molar-refractivity contribution in [2.75, 3.05) is 47.8 Å². The Hall–Kier alpha value is -2.44. The monoisotopic (exact) mass is 330 g/mol. The molecule has 0 atom stereocenters. The average Bonchev–Trinajstić information content (AvgIpc) is 2.61. The molecule has 24 heavy (non-hydrogen) atoms. The summed E-state index contributed by atoms with van der Waals surface area (Å²) in [6.07, 6.45) is 1.68. The van der Waals surface area contributed by atoms with Gasteiger partial charge in [-0.15, -0.1) is 5.10 Å². The van der Waals surface area contributed by atoms with Crippen LogP contribution >= 0.6 is 0 Å². The minimum absolute atomic E-state index is 0.171. The molecule has 0 saturated carbocycles. The van der Waals surface area contributed by atoms with Gasteiger partial charge in [-0.25, -0.2) is 4.39 Å². The molecule has 1 aromatic heterocycles. The smallest absolute Gasteiger partial charge is 0.244 e. The maximum atomic E-state index is 13.9. The van der Waals surface area contributed by atoms with Gasteiger partial charge in [-0.2, -0.15) is 10.1 Å². The highest BCUT2D eigenvalue weighted by molar-refractivity contribution is 5.50. The third-order valence-electron chi connectivity index (χ3n) is 4.01. The standard InChI is InChI=1S/C17H23FN6/c1-13(2)11-19-17-21-16(12-20-22-17)24-9-7-23(8-10-24)15-6-4-3-5-14(15)18/h3-6,12-13H,7-11H2,1-2H3,(H,19,21,22). The number of hydrogen-bond acceptors (Lipinski definition) is 6. The number of rotatable bonds is 5. The number of para-hydroxylation sites is 1. The van der Waals surface area contributed by atoms with Gasteiger partial charge < -0.3 is 15.1 Å². The molecule has 0 bridgehead atoms. The van der Waals surface area contributed by atoms with E-state index in [0.29, 0.717) is 17.6 Å². The van der Waals surface area contributed by atoms with Crippen LogP contribution in [0.5, 0.6) is 0 Å². The summed E-state index contributed by atoms with van der Waals surface area (Å²) in [4.78, 5) is 8.76. The number of benzene rings is 1. The fraction of sp³-hybridized carbons (Fsp3) is 0.471. The maximum Gasteiger partial charge on any atom is 0.244 e. The summed E-state index contributed by atoms with van der Waals surface area (Å²) in [6, 6.07) is 6.91. The van der Waals surface area contributed by atoms with Crippen molar-refractivity contribution in [3.8, 4) is 0 Å². The van der Waals surface area contributed by atoms with Gasteiger partial charge in [0.05, 0.1) is 11.9 Å². The van der Waals surface area contributed by atoms with Gasteiger partial charge in [0.25, 0.3) is 0 Å². The zero-order valence-electron chi connectivity index (χ0n) is 14.1. The van der Waals surface area contributed by atoms with Gasteiger partial charge in [0.1, 0.15) is 5.82 Å². The fourth-order valence-corrected chi connectivity index (χ4v) is 2.70. The lowest BCUT2D eigenvalue weighted by Gasteiger charge is -2.36. The van der Waals surface area contributed by atoms with Gasteiger partial charge in [0.2, 0.25) is 5.95 Å². The van der Waals surface area contributed by atoms with E-state index in [1.54, 1.807) is 12.3 Å². The Morgan fingerprint density at radius 2 is 1.83 bits per heavy atom. The first-order valence-corrected chi connectivity index (χ1v) is 8.31. The molecule has 1 N–H and O–H groups in total. The van der Waals surface area contributed by atoms with Crippen molar-refractivity contribution in [2.24, 2.45) is 5.92 Å². The Morgan fingerprint density at radius 3 is 2.54 bits per heavy atom. The summed E-state index contributed by atoms with van der Waals surface area (Å²) < 4.78 is 13.9. The largest absolute Gasteiger partial charge is 0.366 e. The predicted octanol–water partition coefficient (Wildman–Crippen LogP) is 2.41. The molecule has 1 aliphatic rings. The summed E-state index contributed by atoms with van der Waals surface area (Å²) in [5.41, 5.74) is 0.664. The van der Waals surface area contributed by atoms with E-state index >= 15 is 0 Å². The third kappa shape index (κ3) is 3.90. The topological polar surface area (TPSA) is 57.2 Å². The number of aromatic nitrogens is 3. The molecule has 0 aliphatic carbocycles. The molecule has 1 saturated heterocycles. The van der Waals surface area contributed by atoms with E-state index in [4.69, 9.17) is 0 Å². The SMILES string of the molecule is CC(C)CNc1nncc(N2CCN(c3ccccc3F)CC2)n1. The Labute approximate surface area is 141 Å². The van der Waals surface area contributed by atoms with Crippen molar-refractivity contribution in [3.05, 3.63) is 36.3 Å². The van der Waals surface area contributed by atoms with Crippen molar-refractivity contribution in [3.63, 3.8) is 0 Å². The Kier molecular flexibility index (Phi) is 5.08. The number of halogens is 1. The minimum atomic E-state index is -0.171. The molecule has 2 aromatic rings. The lowest BCUT2D eigenvalue weighted by atomic mass is 10.2. The Bertz CT molecular complexity index is 670. The van der Waals surface area contributed by atoms with Crippen LogP contribution in [0, 0.1) is 11.7 Å². The second kappa shape index (κ2) is 7.42. The molecular weight excluding hydrogens is 307 g/mol. The van der Waals surface area contributed by atoms with Crippen molar-refractivity contribution in [2.45, 2.75) is 13.8 Å². The third-order valence-corrected chi connectivity index (χ3v) is 4.01. The van der Waals surface area contributed by atoms with Crippen LogP contribution in [0.1, 0.15) is 13.8 Å². The fourth-order valence-electron chi connectivity index (χ4n) is 2.70. The number of anilines is 3. The highest BCUT2D eigenvalue weighted by Crippen LogP contribution is 2.21. The number of hydrogen-bond donors (Lipinski definition) is 1. The van der Waals surface area contributed by atoms with Gasteiger partial charge >= 0.3 is 0 Å². The van der Waals surface area contributed by atoms with Crippen molar-refractivity contribution < 1.29 is 4.39 Å². The van der Waals surface area contributed by atoms with Crippen LogP contribution < -0.4 is 15.1 Å². The predicted molar refractivity (Wildman–Crippen MR) is 94.0 cm³/mol. The zero-order valence-corrected chi connectivity index (χ0v) is 14.1. The molecule has 0 spiro atoms. The first-order valence-electron chi connectivity index (χ1n) is 8.31. The second-order valence-corrected chi connectivity index (χ2v) is 6.34. The van der Waals surface area contributed by atoms with Crippen LogP contribution in [0.25, 0.3) is 0 Å². The molecule has 7 heteroatoms. The van der Waals surface area contributed by atoms with Gasteiger partial charge in [0, 0.05) is 32.7 Å². The molecule has 1 aromatic carbocycles.